The molecule has 6 heteroatoms. The summed E-state index contributed by atoms with van der Waals surface area (Å²) < 4.78 is 75.1. The third-order valence-corrected chi connectivity index (χ3v) is 3.63. The number of ether oxygens (including phenoxy) is 1. The minimum Gasteiger partial charge on any atom is -0.489 e. The molecule has 0 heterocycles. The molecule has 0 aromatic heterocycles. The van der Waals surface area contributed by atoms with Crippen LogP contribution in [-0.4, -0.2) is 0 Å². The summed E-state index contributed by atoms with van der Waals surface area (Å²) in [5.41, 5.74) is -1.69. The third kappa shape index (κ3) is 3.20. The maximum Gasteiger partial charge on any atom is 0.198 e. The van der Waals surface area contributed by atoms with Crippen LogP contribution in [-0.2, 0) is 6.61 Å². The van der Waals surface area contributed by atoms with Gasteiger partial charge < -0.3 is 4.74 Å². The van der Waals surface area contributed by atoms with Gasteiger partial charge in [-0.15, -0.1) is 0 Å². The second kappa shape index (κ2) is 6.93. The van der Waals surface area contributed by atoms with E-state index in [4.69, 9.17) is 4.74 Å². The molecular weight excluding hydrogens is 339 g/mol. The van der Waals surface area contributed by atoms with E-state index in [0.717, 1.165) is 12.1 Å². The lowest BCUT2D eigenvalue weighted by molar-refractivity contribution is 0.293. The fraction of sp³-hybridized carbons (Fsp3) is 0.0526. The van der Waals surface area contributed by atoms with Crippen LogP contribution in [0.2, 0.25) is 0 Å². The minimum absolute atomic E-state index is 0.312. The number of hydrogen-bond acceptors (Lipinski definition) is 1. The highest BCUT2D eigenvalue weighted by molar-refractivity contribution is 5.69. The van der Waals surface area contributed by atoms with E-state index in [9.17, 15) is 22.0 Å². The zero-order chi connectivity index (χ0) is 18.0. The smallest absolute Gasteiger partial charge is 0.198 e. The Hall–Kier alpha value is -2.89. The molecule has 3 aromatic rings. The zero-order valence-corrected chi connectivity index (χ0v) is 12.7. The Morgan fingerprint density at radius 2 is 1.24 bits per heavy atom. The number of benzene rings is 3. The molecule has 0 aliphatic rings. The van der Waals surface area contributed by atoms with Gasteiger partial charge in [0.05, 0.1) is 0 Å². The first-order valence-corrected chi connectivity index (χ1v) is 7.28. The molecule has 3 aromatic carbocycles. The zero-order valence-electron chi connectivity index (χ0n) is 12.7. The molecule has 3 rings (SSSR count). The Kier molecular flexibility index (Phi) is 4.70. The minimum atomic E-state index is -2.00. The first-order chi connectivity index (χ1) is 12.0. The van der Waals surface area contributed by atoms with E-state index in [0.29, 0.717) is 5.75 Å². The van der Waals surface area contributed by atoms with Gasteiger partial charge in [0.25, 0.3) is 0 Å². The van der Waals surface area contributed by atoms with Crippen molar-refractivity contribution in [3.05, 3.63) is 89.2 Å². The van der Waals surface area contributed by atoms with Gasteiger partial charge in [0.15, 0.2) is 23.3 Å². The van der Waals surface area contributed by atoms with Crippen LogP contribution < -0.4 is 4.74 Å². The highest BCUT2D eigenvalue weighted by Gasteiger charge is 2.27. The summed E-state index contributed by atoms with van der Waals surface area (Å²) in [6.45, 7) is -0.604. The molecular formula is C19H11F5O. The van der Waals surface area contributed by atoms with Gasteiger partial charge in [-0.25, -0.2) is 22.0 Å². The number of hydrogen-bond donors (Lipinski definition) is 0. The molecule has 0 spiro atoms. The molecule has 0 aliphatic heterocycles. The summed E-state index contributed by atoms with van der Waals surface area (Å²) in [5, 5.41) is 0. The lowest BCUT2D eigenvalue weighted by Crippen LogP contribution is -2.09. The summed E-state index contributed by atoms with van der Waals surface area (Å²) in [6.07, 6.45) is 0. The van der Waals surface area contributed by atoms with E-state index in [1.165, 1.54) is 12.1 Å². The molecule has 0 unspecified atom stereocenters. The summed E-state index contributed by atoms with van der Waals surface area (Å²) in [5.74, 6) is -7.84. The van der Waals surface area contributed by atoms with Gasteiger partial charge in [-0.05, 0) is 18.2 Å². The Bertz CT molecular complexity index is 909. The second-order valence-corrected chi connectivity index (χ2v) is 5.19. The van der Waals surface area contributed by atoms with E-state index in [-0.39, 0.29) is 5.56 Å². The van der Waals surface area contributed by atoms with Crippen LogP contribution in [0.15, 0.2) is 54.6 Å². The van der Waals surface area contributed by atoms with E-state index in [1.807, 2.05) is 0 Å². The van der Waals surface area contributed by atoms with Crippen LogP contribution in [0.4, 0.5) is 22.0 Å². The van der Waals surface area contributed by atoms with Crippen molar-refractivity contribution in [2.24, 2.45) is 0 Å². The van der Waals surface area contributed by atoms with Crippen LogP contribution in [0.5, 0.6) is 5.75 Å². The second-order valence-electron chi connectivity index (χ2n) is 5.19. The fourth-order valence-corrected chi connectivity index (χ4v) is 2.43. The summed E-state index contributed by atoms with van der Waals surface area (Å²) in [6, 6.07) is 13.0. The largest absolute Gasteiger partial charge is 0.489 e. The predicted molar refractivity (Wildman–Crippen MR) is 82.4 cm³/mol. The van der Waals surface area contributed by atoms with E-state index < -0.39 is 46.8 Å². The summed E-state index contributed by atoms with van der Waals surface area (Å²) in [7, 11) is 0. The van der Waals surface area contributed by atoms with Crippen molar-refractivity contribution >= 4 is 0 Å². The van der Waals surface area contributed by atoms with Crippen LogP contribution in [0.25, 0.3) is 11.1 Å². The number of para-hydroxylation sites is 1. The first kappa shape index (κ1) is 17.0. The Morgan fingerprint density at radius 3 is 1.92 bits per heavy atom. The summed E-state index contributed by atoms with van der Waals surface area (Å²) in [4.78, 5) is 0. The quantitative estimate of drug-likeness (QED) is 0.337. The monoisotopic (exact) mass is 350 g/mol. The van der Waals surface area contributed by atoms with Crippen LogP contribution in [0, 0.1) is 29.1 Å². The van der Waals surface area contributed by atoms with Crippen molar-refractivity contribution in [1.82, 2.24) is 0 Å². The van der Waals surface area contributed by atoms with Crippen LogP contribution in [0.3, 0.4) is 0 Å². The maximum atomic E-state index is 14.3. The average molecular weight is 350 g/mol. The van der Waals surface area contributed by atoms with Gasteiger partial charge in [0.2, 0.25) is 0 Å². The fourth-order valence-electron chi connectivity index (χ4n) is 2.43. The van der Waals surface area contributed by atoms with Crippen LogP contribution >= 0.6 is 0 Å². The molecule has 0 saturated carbocycles. The first-order valence-electron chi connectivity index (χ1n) is 7.28. The molecule has 0 N–H and O–H groups in total. The Balaban J connectivity index is 2.14. The highest BCUT2D eigenvalue weighted by atomic mass is 19.2. The van der Waals surface area contributed by atoms with Gasteiger partial charge >= 0.3 is 0 Å². The molecule has 0 fully saturated rings. The molecule has 25 heavy (non-hydrogen) atoms. The van der Waals surface area contributed by atoms with E-state index in [1.54, 1.807) is 30.3 Å². The Morgan fingerprint density at radius 1 is 0.640 bits per heavy atom. The van der Waals surface area contributed by atoms with Crippen molar-refractivity contribution in [1.29, 1.82) is 0 Å². The number of halogens is 5. The standard InChI is InChI=1S/C19H11F5O/c20-14-9-5-4-8-12(14)15-13(10-25-11-6-2-1-3-7-11)16(21)18(23)19(24)17(15)22/h1-9H,10H2. The van der Waals surface area contributed by atoms with E-state index >= 15 is 0 Å². The van der Waals surface area contributed by atoms with E-state index in [2.05, 4.69) is 0 Å². The van der Waals surface area contributed by atoms with Crippen molar-refractivity contribution in [3.8, 4) is 16.9 Å². The summed E-state index contributed by atoms with van der Waals surface area (Å²) >= 11 is 0. The van der Waals surface area contributed by atoms with Crippen molar-refractivity contribution in [3.63, 3.8) is 0 Å². The topological polar surface area (TPSA) is 9.23 Å². The van der Waals surface area contributed by atoms with Gasteiger partial charge in [-0.2, -0.15) is 0 Å². The molecule has 0 aliphatic carbocycles. The molecule has 0 bridgehead atoms. The lowest BCUT2D eigenvalue weighted by Gasteiger charge is -2.15. The number of rotatable bonds is 4. The molecule has 128 valence electrons. The lowest BCUT2D eigenvalue weighted by atomic mass is 9.97. The molecule has 0 saturated heterocycles. The normalized spacial score (nSPS) is 10.8. The van der Waals surface area contributed by atoms with Crippen molar-refractivity contribution in [2.45, 2.75) is 6.61 Å². The van der Waals surface area contributed by atoms with Crippen LogP contribution in [0.1, 0.15) is 5.56 Å². The average Bonchev–Trinajstić information content (AvgIpc) is 2.63. The highest BCUT2D eigenvalue weighted by Crippen LogP contribution is 2.34. The molecule has 0 radical (unpaired) electrons. The molecule has 0 amide bonds. The predicted octanol–water partition coefficient (Wildman–Crippen LogP) is 5.63. The SMILES string of the molecule is Fc1ccccc1-c1c(F)c(F)c(F)c(F)c1COc1ccccc1. The Labute approximate surface area is 140 Å². The van der Waals surface area contributed by atoms with Gasteiger partial charge in [0, 0.05) is 16.7 Å². The maximum absolute atomic E-state index is 14.3. The molecule has 1 nitrogen and oxygen atoms in total. The van der Waals surface area contributed by atoms with Crippen molar-refractivity contribution in [2.75, 3.05) is 0 Å². The van der Waals surface area contributed by atoms with Gasteiger partial charge in [-0.1, -0.05) is 36.4 Å². The van der Waals surface area contributed by atoms with Gasteiger partial charge in [-0.3, -0.25) is 0 Å². The third-order valence-electron chi connectivity index (χ3n) is 3.63. The molecule has 0 atom stereocenters. The van der Waals surface area contributed by atoms with Gasteiger partial charge in [0.1, 0.15) is 18.2 Å². The van der Waals surface area contributed by atoms with Crippen molar-refractivity contribution < 1.29 is 26.7 Å².